The van der Waals surface area contributed by atoms with Crippen LogP contribution in [-0.2, 0) is 4.79 Å². The van der Waals surface area contributed by atoms with E-state index in [2.05, 4.69) is 0 Å². The minimum absolute atomic E-state index is 0. The molecule has 0 bridgehead atoms. The molecule has 1 rings (SSSR count). The number of carboxylic acids is 1. The molecule has 0 aliphatic carbocycles. The number of aliphatic carboxylic acids is 1. The number of allylic oxidation sites excluding steroid dienone is 1. The Kier molecular flexibility index (Phi) is 6.87. The number of carboxylic acid groups (broad SMARTS) is 1. The molecule has 0 saturated carbocycles. The third kappa shape index (κ3) is 4.76. The molecule has 0 aliphatic heterocycles. The first kappa shape index (κ1) is 16.0. The summed E-state index contributed by atoms with van der Waals surface area (Å²) in [4.78, 5) is 20.3. The van der Waals surface area contributed by atoms with Gasteiger partial charge in [0.05, 0.1) is 10.5 Å². The zero-order chi connectivity index (χ0) is 12.1. The average molecular weight is 258 g/mol. The van der Waals surface area contributed by atoms with Crippen LogP contribution in [0.5, 0.6) is 0 Å². The number of hydrogen-bond donors (Lipinski definition) is 1. The molecule has 0 saturated heterocycles. The molecule has 7 heteroatoms. The fourth-order valence-corrected chi connectivity index (χ4v) is 1.09. The maximum atomic E-state index is 10.5. The SMILES string of the molecule is N#C/C(=C/C(=O)O)c1cccc([N+](=O)[O-])c1.[KH]. The van der Waals surface area contributed by atoms with Gasteiger partial charge in [0.25, 0.3) is 5.69 Å². The van der Waals surface area contributed by atoms with Crippen molar-refractivity contribution in [1.29, 1.82) is 5.26 Å². The number of hydrogen-bond acceptors (Lipinski definition) is 4. The van der Waals surface area contributed by atoms with Crippen LogP contribution in [0.2, 0.25) is 0 Å². The summed E-state index contributed by atoms with van der Waals surface area (Å²) in [6, 6.07) is 6.91. The second kappa shape index (κ2) is 7.31. The minimum atomic E-state index is -1.27. The first-order chi connectivity index (χ1) is 7.54. The van der Waals surface area contributed by atoms with Gasteiger partial charge in [-0.05, 0) is 5.56 Å². The molecule has 0 amide bonds. The van der Waals surface area contributed by atoms with Crippen molar-refractivity contribution >= 4 is 68.6 Å². The number of nitro benzene ring substituents is 1. The number of nitrogens with zero attached hydrogens (tertiary/aromatic N) is 2. The van der Waals surface area contributed by atoms with Crippen molar-refractivity contribution in [1.82, 2.24) is 0 Å². The maximum absolute atomic E-state index is 10.5. The molecular formula is C10H7KN2O4. The molecule has 6 nitrogen and oxygen atoms in total. The number of nitriles is 1. The van der Waals surface area contributed by atoms with Crippen LogP contribution in [0.25, 0.3) is 5.57 Å². The van der Waals surface area contributed by atoms with Crippen LogP contribution in [0.1, 0.15) is 5.56 Å². The summed E-state index contributed by atoms with van der Waals surface area (Å²) in [6.07, 6.45) is 0.707. The predicted octanol–water partition coefficient (Wildman–Crippen LogP) is 0.938. The molecule has 82 valence electrons. The molecule has 0 atom stereocenters. The van der Waals surface area contributed by atoms with Crippen molar-refractivity contribution in [3.63, 3.8) is 0 Å². The Labute approximate surface area is 139 Å². The molecule has 0 aliphatic rings. The summed E-state index contributed by atoms with van der Waals surface area (Å²) >= 11 is 0. The molecule has 0 spiro atoms. The molecule has 0 fully saturated rings. The van der Waals surface area contributed by atoms with E-state index < -0.39 is 10.9 Å². The molecule has 1 N–H and O–H groups in total. The zero-order valence-corrected chi connectivity index (χ0v) is 7.95. The van der Waals surface area contributed by atoms with E-state index in [0.29, 0.717) is 6.08 Å². The van der Waals surface area contributed by atoms with Crippen LogP contribution in [0, 0.1) is 21.4 Å². The van der Waals surface area contributed by atoms with Gasteiger partial charge in [-0.2, -0.15) is 5.26 Å². The summed E-state index contributed by atoms with van der Waals surface area (Å²) < 4.78 is 0. The van der Waals surface area contributed by atoms with Crippen LogP contribution in [0.15, 0.2) is 30.3 Å². The Morgan fingerprint density at radius 1 is 1.53 bits per heavy atom. The standard InChI is InChI=1S/C10H6N2O4.K.H/c11-6-8(5-10(13)14)7-2-1-3-9(4-7)12(15)16;;/h1-5H,(H,13,14);;/b8-5-;;. The Balaban J connectivity index is 0.00000256. The van der Waals surface area contributed by atoms with Gasteiger partial charge in [0.2, 0.25) is 0 Å². The van der Waals surface area contributed by atoms with Crippen molar-refractivity contribution in [3.8, 4) is 6.07 Å². The summed E-state index contributed by atoms with van der Waals surface area (Å²) in [7, 11) is 0. The Morgan fingerprint density at radius 3 is 2.65 bits per heavy atom. The van der Waals surface area contributed by atoms with Crippen LogP contribution >= 0.6 is 0 Å². The second-order valence-corrected chi connectivity index (χ2v) is 2.82. The Morgan fingerprint density at radius 2 is 2.18 bits per heavy atom. The van der Waals surface area contributed by atoms with E-state index in [1.807, 2.05) is 0 Å². The number of rotatable bonds is 3. The number of carbonyl (C=O) groups is 1. The van der Waals surface area contributed by atoms with E-state index in [-0.39, 0.29) is 68.2 Å². The van der Waals surface area contributed by atoms with Crippen molar-refractivity contribution in [3.05, 3.63) is 46.0 Å². The van der Waals surface area contributed by atoms with Gasteiger partial charge in [-0.25, -0.2) is 4.79 Å². The molecule has 1 aromatic carbocycles. The van der Waals surface area contributed by atoms with Gasteiger partial charge >= 0.3 is 57.4 Å². The Hall–Kier alpha value is -1.04. The number of nitro groups is 1. The van der Waals surface area contributed by atoms with Gasteiger partial charge in [0.15, 0.2) is 0 Å². The summed E-state index contributed by atoms with van der Waals surface area (Å²) in [5.74, 6) is -1.27. The van der Waals surface area contributed by atoms with Gasteiger partial charge in [-0.1, -0.05) is 12.1 Å². The van der Waals surface area contributed by atoms with Gasteiger partial charge in [0.1, 0.15) is 6.07 Å². The van der Waals surface area contributed by atoms with Gasteiger partial charge in [-0.15, -0.1) is 0 Å². The number of benzene rings is 1. The van der Waals surface area contributed by atoms with Crippen molar-refractivity contribution in [2.45, 2.75) is 0 Å². The quantitative estimate of drug-likeness (QED) is 0.285. The first-order valence-corrected chi connectivity index (χ1v) is 4.14. The van der Waals surface area contributed by atoms with Gasteiger partial charge in [-0.3, -0.25) is 10.1 Å². The molecule has 0 heterocycles. The van der Waals surface area contributed by atoms with Gasteiger partial charge < -0.3 is 5.11 Å². The molecular weight excluding hydrogens is 251 g/mol. The normalized spacial score (nSPS) is 9.94. The third-order valence-corrected chi connectivity index (χ3v) is 1.76. The third-order valence-electron chi connectivity index (χ3n) is 1.76. The fourth-order valence-electron chi connectivity index (χ4n) is 1.09. The van der Waals surface area contributed by atoms with E-state index in [1.54, 1.807) is 6.07 Å². The van der Waals surface area contributed by atoms with E-state index in [4.69, 9.17) is 10.4 Å². The first-order valence-electron chi connectivity index (χ1n) is 4.14. The summed E-state index contributed by atoms with van der Waals surface area (Å²) in [6.45, 7) is 0. The van der Waals surface area contributed by atoms with Gasteiger partial charge in [0, 0.05) is 18.2 Å². The van der Waals surface area contributed by atoms with E-state index in [0.717, 1.165) is 6.07 Å². The van der Waals surface area contributed by atoms with E-state index in [1.165, 1.54) is 18.2 Å². The van der Waals surface area contributed by atoms with Crippen molar-refractivity contribution in [2.24, 2.45) is 0 Å². The zero-order valence-electron chi connectivity index (χ0n) is 7.95. The summed E-state index contributed by atoms with van der Waals surface area (Å²) in [5.41, 5.74) is -0.112. The monoisotopic (exact) mass is 258 g/mol. The topological polar surface area (TPSA) is 104 Å². The molecule has 0 unspecified atom stereocenters. The van der Waals surface area contributed by atoms with E-state index in [9.17, 15) is 14.9 Å². The van der Waals surface area contributed by atoms with Crippen LogP contribution in [-0.4, -0.2) is 67.4 Å². The molecule has 0 radical (unpaired) electrons. The Bertz CT molecular complexity index is 519. The van der Waals surface area contributed by atoms with Crippen LogP contribution in [0.3, 0.4) is 0 Å². The second-order valence-electron chi connectivity index (χ2n) is 2.82. The molecule has 17 heavy (non-hydrogen) atoms. The fraction of sp³-hybridized carbons (Fsp3) is 0. The van der Waals surface area contributed by atoms with E-state index >= 15 is 0 Å². The molecule has 1 aromatic rings. The predicted molar refractivity (Wildman–Crippen MR) is 61.5 cm³/mol. The van der Waals surface area contributed by atoms with Crippen molar-refractivity contribution < 1.29 is 14.8 Å². The average Bonchev–Trinajstić information content (AvgIpc) is 2.25. The molecule has 0 aromatic heterocycles. The van der Waals surface area contributed by atoms with Crippen LogP contribution in [0.4, 0.5) is 5.69 Å². The van der Waals surface area contributed by atoms with Crippen LogP contribution < -0.4 is 0 Å². The summed E-state index contributed by atoms with van der Waals surface area (Å²) in [5, 5.41) is 27.7. The number of non-ortho nitro benzene ring substituents is 1. The van der Waals surface area contributed by atoms with Crippen molar-refractivity contribution in [2.75, 3.05) is 0 Å².